The minimum Gasteiger partial charge on any atom is -0.467 e. The van der Waals surface area contributed by atoms with Crippen LogP contribution in [-0.2, 0) is 0 Å². The highest BCUT2D eigenvalue weighted by Crippen LogP contribution is 2.31. The molecule has 2 aromatic rings. The molecule has 1 saturated heterocycles. The fourth-order valence-electron chi connectivity index (χ4n) is 2.64. The number of benzene rings is 1. The van der Waals surface area contributed by atoms with Crippen LogP contribution in [0, 0.1) is 9.39 Å². The maximum absolute atomic E-state index is 14.3. The third-order valence-electron chi connectivity index (χ3n) is 3.58. The molecular weight excluding hydrogens is 406 g/mol. The largest absolute Gasteiger partial charge is 0.467 e. The van der Waals surface area contributed by atoms with E-state index in [1.807, 2.05) is 18.2 Å². The number of piperazine rings is 1. The zero-order valence-electron chi connectivity index (χ0n) is 11.4. The van der Waals surface area contributed by atoms with E-state index >= 15 is 0 Å². The first-order chi connectivity index (χ1) is 9.75. The fraction of sp³-hybridized carbons (Fsp3) is 0.333. The third-order valence-corrected chi connectivity index (χ3v) is 4.25. The summed E-state index contributed by atoms with van der Waals surface area (Å²) in [4.78, 5) is 2.27. The van der Waals surface area contributed by atoms with Gasteiger partial charge in [0.1, 0.15) is 11.6 Å². The first-order valence-electron chi connectivity index (χ1n) is 6.69. The lowest BCUT2D eigenvalue weighted by Crippen LogP contribution is -2.45. The Kier molecular flexibility index (Phi) is 6.04. The molecule has 1 fully saturated rings. The monoisotopic (exact) mass is 422 g/mol. The van der Waals surface area contributed by atoms with Crippen molar-refractivity contribution in [2.24, 2.45) is 0 Å². The lowest BCUT2D eigenvalue weighted by Gasteiger charge is -2.34. The van der Waals surface area contributed by atoms with Gasteiger partial charge in [-0.3, -0.25) is 4.90 Å². The van der Waals surface area contributed by atoms with Gasteiger partial charge < -0.3 is 9.73 Å². The van der Waals surface area contributed by atoms with Crippen molar-refractivity contribution in [2.75, 3.05) is 26.2 Å². The van der Waals surface area contributed by atoms with E-state index in [1.165, 1.54) is 6.07 Å². The zero-order valence-corrected chi connectivity index (χ0v) is 14.4. The Bertz CT molecular complexity index is 573. The van der Waals surface area contributed by atoms with E-state index in [4.69, 9.17) is 4.42 Å². The smallest absolute Gasteiger partial charge is 0.128 e. The maximum Gasteiger partial charge on any atom is 0.128 e. The molecule has 114 valence electrons. The Balaban J connectivity index is 0.00000161. The quantitative estimate of drug-likeness (QED) is 0.768. The summed E-state index contributed by atoms with van der Waals surface area (Å²) in [6.45, 7) is 3.61. The van der Waals surface area contributed by atoms with Crippen LogP contribution in [0.1, 0.15) is 17.4 Å². The highest BCUT2D eigenvalue weighted by molar-refractivity contribution is 14.1. The van der Waals surface area contributed by atoms with E-state index in [9.17, 15) is 4.39 Å². The summed E-state index contributed by atoms with van der Waals surface area (Å²) in [6.07, 6.45) is 1.65. The van der Waals surface area contributed by atoms with E-state index in [-0.39, 0.29) is 24.3 Å². The summed E-state index contributed by atoms with van der Waals surface area (Å²) >= 11 is 2.22. The van der Waals surface area contributed by atoms with Crippen LogP contribution in [0.4, 0.5) is 4.39 Å². The summed E-state index contributed by atoms with van der Waals surface area (Å²) in [5.74, 6) is 0.623. The SMILES string of the molecule is Cl.Fc1ccc(I)cc1[C@@H](c1ccco1)N1CCNCC1. The van der Waals surface area contributed by atoms with Crippen LogP contribution in [-0.4, -0.2) is 31.1 Å². The number of nitrogens with zero attached hydrogens (tertiary/aromatic N) is 1. The minimum absolute atomic E-state index is 0. The van der Waals surface area contributed by atoms with E-state index in [0.717, 1.165) is 35.5 Å². The molecule has 1 N–H and O–H groups in total. The lowest BCUT2D eigenvalue weighted by molar-refractivity contribution is 0.177. The Morgan fingerprint density at radius 1 is 1.24 bits per heavy atom. The lowest BCUT2D eigenvalue weighted by atomic mass is 10.0. The molecule has 0 aliphatic carbocycles. The first kappa shape index (κ1) is 16.7. The van der Waals surface area contributed by atoms with Crippen LogP contribution in [0.15, 0.2) is 41.0 Å². The van der Waals surface area contributed by atoms with Gasteiger partial charge in [-0.1, -0.05) is 0 Å². The van der Waals surface area contributed by atoms with Gasteiger partial charge in [0.25, 0.3) is 0 Å². The van der Waals surface area contributed by atoms with E-state index in [2.05, 4.69) is 32.8 Å². The molecule has 0 amide bonds. The molecule has 21 heavy (non-hydrogen) atoms. The second-order valence-electron chi connectivity index (χ2n) is 4.87. The Morgan fingerprint density at radius 3 is 2.67 bits per heavy atom. The molecule has 2 heterocycles. The molecule has 0 radical (unpaired) electrons. The Morgan fingerprint density at radius 2 is 2.00 bits per heavy atom. The van der Waals surface area contributed by atoms with Crippen molar-refractivity contribution in [3.05, 3.63) is 57.3 Å². The van der Waals surface area contributed by atoms with Gasteiger partial charge in [-0.25, -0.2) is 4.39 Å². The van der Waals surface area contributed by atoms with Gasteiger partial charge >= 0.3 is 0 Å². The second kappa shape index (κ2) is 7.58. The molecule has 1 aliphatic heterocycles. The average Bonchev–Trinajstić information content (AvgIpc) is 2.98. The van der Waals surface area contributed by atoms with Gasteiger partial charge in [0.2, 0.25) is 0 Å². The van der Waals surface area contributed by atoms with Gasteiger partial charge in [0, 0.05) is 35.3 Å². The number of hydrogen-bond donors (Lipinski definition) is 1. The summed E-state index contributed by atoms with van der Waals surface area (Å²) in [6, 6.07) is 8.86. The predicted octanol–water partition coefficient (Wildman–Crippen LogP) is 3.44. The van der Waals surface area contributed by atoms with Crippen molar-refractivity contribution in [3.8, 4) is 0 Å². The van der Waals surface area contributed by atoms with Crippen molar-refractivity contribution < 1.29 is 8.81 Å². The van der Waals surface area contributed by atoms with Crippen molar-refractivity contribution in [1.82, 2.24) is 10.2 Å². The molecule has 0 unspecified atom stereocenters. The number of halogens is 3. The van der Waals surface area contributed by atoms with Crippen LogP contribution in [0.5, 0.6) is 0 Å². The number of nitrogens with one attached hydrogen (secondary N) is 1. The molecule has 0 saturated carbocycles. The summed E-state index contributed by atoms with van der Waals surface area (Å²) < 4.78 is 20.9. The standard InChI is InChI=1S/C15H16FIN2O.ClH/c16-13-4-3-11(17)10-12(13)15(14-2-1-9-20-14)19-7-5-18-6-8-19;/h1-4,9-10,15,18H,5-8H2;1H/t15-;/m0./s1. The normalized spacial score (nSPS) is 17.2. The number of rotatable bonds is 3. The van der Waals surface area contributed by atoms with E-state index < -0.39 is 0 Å². The Labute approximate surface area is 143 Å². The molecule has 0 spiro atoms. The fourth-order valence-corrected chi connectivity index (χ4v) is 3.16. The zero-order chi connectivity index (χ0) is 13.9. The minimum atomic E-state index is -0.176. The van der Waals surface area contributed by atoms with Crippen molar-refractivity contribution in [3.63, 3.8) is 0 Å². The van der Waals surface area contributed by atoms with Crippen LogP contribution in [0.2, 0.25) is 0 Å². The molecule has 3 nitrogen and oxygen atoms in total. The molecule has 3 rings (SSSR count). The van der Waals surface area contributed by atoms with Crippen molar-refractivity contribution in [2.45, 2.75) is 6.04 Å². The highest BCUT2D eigenvalue weighted by Gasteiger charge is 2.28. The summed E-state index contributed by atoms with van der Waals surface area (Å²) in [5.41, 5.74) is 0.689. The van der Waals surface area contributed by atoms with Crippen molar-refractivity contribution in [1.29, 1.82) is 0 Å². The molecule has 1 atom stereocenters. The van der Waals surface area contributed by atoms with Gasteiger partial charge in [-0.05, 0) is 52.9 Å². The highest BCUT2D eigenvalue weighted by atomic mass is 127. The van der Waals surface area contributed by atoms with E-state index in [0.29, 0.717) is 5.56 Å². The third kappa shape index (κ3) is 3.77. The van der Waals surface area contributed by atoms with Gasteiger partial charge in [0.15, 0.2) is 0 Å². The summed E-state index contributed by atoms with van der Waals surface area (Å²) in [5, 5.41) is 3.32. The van der Waals surface area contributed by atoms with E-state index in [1.54, 1.807) is 12.3 Å². The number of hydrogen-bond acceptors (Lipinski definition) is 3. The molecule has 6 heteroatoms. The van der Waals surface area contributed by atoms with Crippen LogP contribution in [0.25, 0.3) is 0 Å². The molecular formula is C15H17ClFIN2O. The maximum atomic E-state index is 14.3. The predicted molar refractivity (Wildman–Crippen MR) is 91.4 cm³/mol. The van der Waals surface area contributed by atoms with Crippen LogP contribution >= 0.6 is 35.0 Å². The molecule has 1 aliphatic rings. The topological polar surface area (TPSA) is 28.4 Å². The van der Waals surface area contributed by atoms with Crippen molar-refractivity contribution >= 4 is 35.0 Å². The first-order valence-corrected chi connectivity index (χ1v) is 7.77. The second-order valence-corrected chi connectivity index (χ2v) is 6.12. The van der Waals surface area contributed by atoms with Gasteiger partial charge in [-0.15, -0.1) is 12.4 Å². The Hall–Kier alpha value is -0.630. The number of furan rings is 1. The molecule has 1 aromatic heterocycles. The molecule has 0 bridgehead atoms. The van der Waals surface area contributed by atoms with Gasteiger partial charge in [-0.2, -0.15) is 0 Å². The summed E-state index contributed by atoms with van der Waals surface area (Å²) in [7, 11) is 0. The van der Waals surface area contributed by atoms with Crippen LogP contribution < -0.4 is 5.32 Å². The van der Waals surface area contributed by atoms with Gasteiger partial charge in [0.05, 0.1) is 12.3 Å². The van der Waals surface area contributed by atoms with Crippen LogP contribution in [0.3, 0.4) is 0 Å². The average molecular weight is 423 g/mol. The molecule has 1 aromatic carbocycles.